The van der Waals surface area contributed by atoms with Crippen molar-refractivity contribution in [2.24, 2.45) is 0 Å². The van der Waals surface area contributed by atoms with Crippen LogP contribution in [0.5, 0.6) is 5.75 Å². The summed E-state index contributed by atoms with van der Waals surface area (Å²) >= 11 is 0. The molecule has 0 radical (unpaired) electrons. The van der Waals surface area contributed by atoms with Gasteiger partial charge in [-0.25, -0.2) is 10.1 Å². The van der Waals surface area contributed by atoms with Gasteiger partial charge in [-0.2, -0.15) is 0 Å². The van der Waals surface area contributed by atoms with Crippen LogP contribution >= 0.6 is 0 Å². The number of para-hydroxylation sites is 1. The molecule has 1 fully saturated rings. The van der Waals surface area contributed by atoms with Gasteiger partial charge in [0, 0.05) is 0 Å². The first kappa shape index (κ1) is 13.3. The maximum atomic E-state index is 11.8. The van der Waals surface area contributed by atoms with E-state index in [2.05, 4.69) is 0 Å². The summed E-state index contributed by atoms with van der Waals surface area (Å²) in [5.74, 6) is 0.285. The molecule has 1 heterocycles. The fourth-order valence-electron chi connectivity index (χ4n) is 1.74. The van der Waals surface area contributed by atoms with E-state index < -0.39 is 11.1 Å². The van der Waals surface area contributed by atoms with E-state index in [4.69, 9.17) is 9.47 Å². The van der Waals surface area contributed by atoms with Crippen molar-refractivity contribution in [3.8, 4) is 5.75 Å². The van der Waals surface area contributed by atoms with Crippen LogP contribution in [0.2, 0.25) is 0 Å². The van der Waals surface area contributed by atoms with Gasteiger partial charge in [-0.15, -0.1) is 5.01 Å². The Morgan fingerprint density at radius 2 is 2.21 bits per heavy atom. The normalized spacial score (nSPS) is 18.9. The number of ether oxygens (including phenoxy) is 2. The van der Waals surface area contributed by atoms with E-state index in [-0.39, 0.29) is 32.1 Å². The van der Waals surface area contributed by atoms with Crippen molar-refractivity contribution in [2.45, 2.75) is 6.10 Å². The van der Waals surface area contributed by atoms with Crippen molar-refractivity contribution in [1.82, 2.24) is 5.01 Å². The molecule has 1 aliphatic rings. The lowest BCUT2D eigenvalue weighted by atomic mass is 10.2. The number of carbonyl (C=O) groups excluding carboxylic acids is 1. The molecule has 1 aromatic rings. The summed E-state index contributed by atoms with van der Waals surface area (Å²) in [6.07, 6.45) is -0.803. The molecule has 0 spiro atoms. The van der Waals surface area contributed by atoms with Crippen LogP contribution in [0.4, 0.5) is 0 Å². The Hall–Kier alpha value is -2.15. The number of Topliss-reactive ketones (excluding diaryl/α,β-unsaturated/α-hetero) is 1. The van der Waals surface area contributed by atoms with Crippen LogP contribution < -0.4 is 4.74 Å². The van der Waals surface area contributed by atoms with Gasteiger partial charge in [-0.3, -0.25) is 4.79 Å². The van der Waals surface area contributed by atoms with Crippen molar-refractivity contribution in [3.05, 3.63) is 40.4 Å². The van der Waals surface area contributed by atoms with Crippen LogP contribution in [-0.4, -0.2) is 48.2 Å². The van der Waals surface area contributed by atoms with Crippen LogP contribution in [0.15, 0.2) is 30.3 Å². The molecule has 1 aliphatic heterocycles. The number of morpholine rings is 1. The smallest absolute Gasteiger partial charge is 0.200 e. The molecule has 2 rings (SSSR count). The average molecular weight is 266 g/mol. The third-order valence-electron chi connectivity index (χ3n) is 2.76. The minimum absolute atomic E-state index is 0.0377. The quantitative estimate of drug-likeness (QED) is 0.571. The molecule has 1 atom stereocenters. The van der Waals surface area contributed by atoms with Crippen molar-refractivity contribution in [3.63, 3.8) is 0 Å². The van der Waals surface area contributed by atoms with Crippen LogP contribution in [0.1, 0.15) is 0 Å². The Bertz CT molecular complexity index is 451. The molecule has 102 valence electrons. The number of nitro groups is 1. The topological polar surface area (TPSA) is 81.9 Å². The van der Waals surface area contributed by atoms with E-state index in [1.807, 2.05) is 6.07 Å². The highest BCUT2D eigenvalue weighted by molar-refractivity contribution is 5.84. The molecular weight excluding hydrogens is 252 g/mol. The first-order valence-corrected chi connectivity index (χ1v) is 5.88. The predicted octanol–water partition coefficient (Wildman–Crippen LogP) is 0.527. The summed E-state index contributed by atoms with van der Waals surface area (Å²) < 4.78 is 10.5. The first-order valence-electron chi connectivity index (χ1n) is 5.88. The molecule has 0 saturated carbocycles. The number of benzene rings is 1. The first-order chi connectivity index (χ1) is 9.16. The molecule has 7 heteroatoms. The number of rotatable bonds is 5. The zero-order valence-corrected chi connectivity index (χ0v) is 10.2. The van der Waals surface area contributed by atoms with E-state index in [1.165, 1.54) is 0 Å². The van der Waals surface area contributed by atoms with E-state index in [0.717, 1.165) is 5.01 Å². The maximum Gasteiger partial charge on any atom is 0.200 e. The van der Waals surface area contributed by atoms with Gasteiger partial charge in [-0.1, -0.05) is 18.2 Å². The Morgan fingerprint density at radius 1 is 1.47 bits per heavy atom. The second-order valence-corrected chi connectivity index (χ2v) is 4.08. The number of hydrogen-bond donors (Lipinski definition) is 0. The van der Waals surface area contributed by atoms with Gasteiger partial charge >= 0.3 is 0 Å². The van der Waals surface area contributed by atoms with E-state index >= 15 is 0 Å². The highest BCUT2D eigenvalue weighted by atomic mass is 16.7. The fraction of sp³-hybridized carbons (Fsp3) is 0.417. The second-order valence-electron chi connectivity index (χ2n) is 4.08. The summed E-state index contributed by atoms with van der Waals surface area (Å²) in [5, 5.41) is 11.1. The second kappa shape index (κ2) is 6.14. The molecule has 1 unspecified atom stereocenters. The molecule has 19 heavy (non-hydrogen) atoms. The highest BCUT2D eigenvalue weighted by Gasteiger charge is 2.31. The zero-order valence-electron chi connectivity index (χ0n) is 10.2. The van der Waals surface area contributed by atoms with Crippen molar-refractivity contribution in [2.75, 3.05) is 26.3 Å². The van der Waals surface area contributed by atoms with Crippen LogP contribution in [-0.2, 0) is 9.53 Å². The standard InChI is InChI=1S/C12H14N2O5/c15-11(9-19-10-4-2-1-3-5-10)12-8-13(14(16)17)6-7-18-12/h1-5,12H,6-9H2. The summed E-state index contributed by atoms with van der Waals surface area (Å²) in [6.45, 7) is 0.170. The van der Waals surface area contributed by atoms with Gasteiger partial charge in [0.25, 0.3) is 0 Å². The van der Waals surface area contributed by atoms with E-state index in [9.17, 15) is 14.9 Å². The fourth-order valence-corrected chi connectivity index (χ4v) is 1.74. The number of ketones is 1. The van der Waals surface area contributed by atoms with Gasteiger partial charge in [0.05, 0.1) is 6.61 Å². The molecule has 0 N–H and O–H groups in total. The zero-order chi connectivity index (χ0) is 13.7. The summed E-state index contributed by atoms with van der Waals surface area (Å²) in [5.41, 5.74) is 0. The monoisotopic (exact) mass is 266 g/mol. The molecular formula is C12H14N2O5. The lowest BCUT2D eigenvalue weighted by molar-refractivity contribution is -0.660. The minimum Gasteiger partial charge on any atom is -0.486 e. The van der Waals surface area contributed by atoms with Crippen molar-refractivity contribution in [1.29, 1.82) is 0 Å². The summed E-state index contributed by atoms with van der Waals surface area (Å²) in [4.78, 5) is 22.5. The minimum atomic E-state index is -0.803. The van der Waals surface area contributed by atoms with Gasteiger partial charge in [0.1, 0.15) is 31.5 Å². The predicted molar refractivity (Wildman–Crippen MR) is 65.3 cm³/mol. The van der Waals surface area contributed by atoms with Crippen LogP contribution in [0.25, 0.3) is 0 Å². The van der Waals surface area contributed by atoms with Gasteiger partial charge in [-0.05, 0) is 12.1 Å². The molecule has 1 saturated heterocycles. The Kier molecular flexibility index (Phi) is 4.30. The van der Waals surface area contributed by atoms with Gasteiger partial charge in [0.2, 0.25) is 5.78 Å². The number of nitrogens with zero attached hydrogens (tertiary/aromatic N) is 2. The lowest BCUT2D eigenvalue weighted by Crippen LogP contribution is -2.49. The summed E-state index contributed by atoms with van der Waals surface area (Å²) in [6, 6.07) is 8.90. The SMILES string of the molecule is O=C(COc1ccccc1)C1CN([N+](=O)[O-])CCO1. The molecule has 7 nitrogen and oxygen atoms in total. The number of carbonyl (C=O) groups is 1. The van der Waals surface area contributed by atoms with E-state index in [1.54, 1.807) is 24.3 Å². The number of hydrazine groups is 1. The third kappa shape index (κ3) is 3.65. The molecule has 0 amide bonds. The lowest BCUT2D eigenvalue weighted by Gasteiger charge is -2.26. The van der Waals surface area contributed by atoms with Crippen LogP contribution in [0, 0.1) is 10.1 Å². The highest BCUT2D eigenvalue weighted by Crippen LogP contribution is 2.10. The molecule has 1 aromatic carbocycles. The van der Waals surface area contributed by atoms with Crippen LogP contribution in [0.3, 0.4) is 0 Å². The average Bonchev–Trinajstić information content (AvgIpc) is 2.46. The molecule has 0 aliphatic carbocycles. The van der Waals surface area contributed by atoms with Crippen molar-refractivity contribution < 1.29 is 19.3 Å². The number of hydrogen-bond acceptors (Lipinski definition) is 5. The van der Waals surface area contributed by atoms with Gasteiger partial charge in [0.15, 0.2) is 5.03 Å². The largest absolute Gasteiger partial charge is 0.486 e. The molecule has 0 bridgehead atoms. The Labute approximate surface area is 109 Å². The third-order valence-corrected chi connectivity index (χ3v) is 2.76. The Balaban J connectivity index is 1.84. The van der Waals surface area contributed by atoms with Crippen molar-refractivity contribution >= 4 is 5.78 Å². The summed E-state index contributed by atoms with van der Waals surface area (Å²) in [7, 11) is 0. The maximum absolute atomic E-state index is 11.8. The van der Waals surface area contributed by atoms with Gasteiger partial charge < -0.3 is 9.47 Å². The Morgan fingerprint density at radius 3 is 2.89 bits per heavy atom. The van der Waals surface area contributed by atoms with E-state index in [0.29, 0.717) is 5.75 Å². The molecule has 0 aromatic heterocycles.